The van der Waals surface area contributed by atoms with Crippen molar-refractivity contribution < 1.29 is 4.79 Å². The van der Waals surface area contributed by atoms with Crippen LogP contribution in [-0.2, 0) is 4.79 Å². The van der Waals surface area contributed by atoms with Gasteiger partial charge in [0.25, 0.3) is 0 Å². The predicted octanol–water partition coefficient (Wildman–Crippen LogP) is 4.27. The van der Waals surface area contributed by atoms with E-state index < -0.39 is 0 Å². The molecule has 1 amide bonds. The van der Waals surface area contributed by atoms with E-state index in [1.807, 2.05) is 44.2 Å². The number of hydrazone groups is 1. The molecule has 2 aromatic carbocycles. The maximum atomic E-state index is 12.8. The third-order valence-electron chi connectivity index (χ3n) is 4.96. The minimum atomic E-state index is -0.124. The number of hydrogen-bond acceptors (Lipinski definition) is 4. The van der Waals surface area contributed by atoms with Gasteiger partial charge < -0.3 is 0 Å². The van der Waals surface area contributed by atoms with Crippen LogP contribution in [0.15, 0.2) is 60.0 Å². The summed E-state index contributed by atoms with van der Waals surface area (Å²) in [4.78, 5) is 21.6. The Balaban J connectivity index is 1.76. The van der Waals surface area contributed by atoms with E-state index in [2.05, 4.69) is 29.0 Å². The summed E-state index contributed by atoms with van der Waals surface area (Å²) in [6.07, 6.45) is 4.06. The molecular formula is C22H22N4O. The Morgan fingerprint density at radius 1 is 1.07 bits per heavy atom. The molecule has 0 saturated heterocycles. The molecule has 5 nitrogen and oxygen atoms in total. The molecule has 136 valence electrons. The van der Waals surface area contributed by atoms with E-state index >= 15 is 0 Å². The van der Waals surface area contributed by atoms with E-state index in [-0.39, 0.29) is 17.9 Å². The minimum absolute atomic E-state index is 0.0304. The fourth-order valence-corrected chi connectivity index (χ4v) is 3.48. The molecule has 5 heteroatoms. The van der Waals surface area contributed by atoms with Gasteiger partial charge in [0.1, 0.15) is 0 Å². The van der Waals surface area contributed by atoms with Crippen LogP contribution in [0.3, 0.4) is 0 Å². The van der Waals surface area contributed by atoms with E-state index in [0.29, 0.717) is 6.42 Å². The Labute approximate surface area is 158 Å². The van der Waals surface area contributed by atoms with Crippen molar-refractivity contribution in [1.29, 1.82) is 0 Å². The number of rotatable bonds is 3. The zero-order valence-electron chi connectivity index (χ0n) is 15.8. The number of hydrogen-bond donors (Lipinski definition) is 0. The summed E-state index contributed by atoms with van der Waals surface area (Å²) in [5.74, 6) is -0.0875. The largest absolute Gasteiger partial charge is 0.273 e. The molecular weight excluding hydrogens is 336 g/mol. The van der Waals surface area contributed by atoms with Gasteiger partial charge in [0.2, 0.25) is 5.91 Å². The van der Waals surface area contributed by atoms with Crippen molar-refractivity contribution in [2.45, 2.75) is 33.2 Å². The lowest BCUT2D eigenvalue weighted by molar-refractivity contribution is -0.136. The molecule has 0 fully saturated rings. The van der Waals surface area contributed by atoms with Crippen LogP contribution in [0.1, 0.15) is 43.0 Å². The topological polar surface area (TPSA) is 58.5 Å². The highest BCUT2D eigenvalue weighted by Crippen LogP contribution is 2.35. The molecule has 4 rings (SSSR count). The van der Waals surface area contributed by atoms with Gasteiger partial charge in [-0.2, -0.15) is 5.10 Å². The number of fused-ring (bicyclic) bond motifs is 1. The lowest BCUT2D eigenvalue weighted by Gasteiger charge is -2.23. The fourth-order valence-electron chi connectivity index (χ4n) is 3.48. The zero-order chi connectivity index (χ0) is 19.0. The van der Waals surface area contributed by atoms with E-state index in [1.54, 1.807) is 17.4 Å². The molecule has 2 heterocycles. The van der Waals surface area contributed by atoms with E-state index in [0.717, 1.165) is 27.9 Å². The minimum Gasteiger partial charge on any atom is -0.273 e. The van der Waals surface area contributed by atoms with Gasteiger partial charge in [-0.05, 0) is 30.2 Å². The van der Waals surface area contributed by atoms with Crippen LogP contribution < -0.4 is 0 Å². The molecule has 0 bridgehead atoms. The lowest BCUT2D eigenvalue weighted by atomic mass is 9.95. The first-order valence-electron chi connectivity index (χ1n) is 9.22. The number of aryl methyl sites for hydroxylation is 1. The maximum absolute atomic E-state index is 12.8. The van der Waals surface area contributed by atoms with Crippen molar-refractivity contribution >= 4 is 22.7 Å². The molecule has 1 aliphatic rings. The summed E-state index contributed by atoms with van der Waals surface area (Å²) < 4.78 is 0. The quantitative estimate of drug-likeness (QED) is 0.702. The van der Waals surface area contributed by atoms with Crippen molar-refractivity contribution in [3.8, 4) is 0 Å². The van der Waals surface area contributed by atoms with Crippen LogP contribution in [0.4, 0.5) is 0 Å². The monoisotopic (exact) mass is 358 g/mol. The molecule has 1 aromatic heterocycles. The van der Waals surface area contributed by atoms with Crippen molar-refractivity contribution in [3.63, 3.8) is 0 Å². The van der Waals surface area contributed by atoms with Gasteiger partial charge in [0.15, 0.2) is 0 Å². The maximum Gasteiger partial charge on any atom is 0.245 e. The van der Waals surface area contributed by atoms with Gasteiger partial charge in [-0.3, -0.25) is 14.8 Å². The molecule has 0 radical (unpaired) electrons. The standard InChI is InChI=1S/C22H22N4O/c1-14(2)22(27)26-21(13-19(25-26)17-7-5-4-6-15(17)3)16-8-9-18-20(12-16)24-11-10-23-18/h4-12,14,21H,13H2,1-3H3. The van der Waals surface area contributed by atoms with Crippen molar-refractivity contribution in [3.05, 3.63) is 71.5 Å². The number of aromatic nitrogens is 2. The van der Waals surface area contributed by atoms with Crippen LogP contribution in [0.25, 0.3) is 11.0 Å². The van der Waals surface area contributed by atoms with E-state index in [1.165, 1.54) is 5.56 Å². The number of amides is 1. The second kappa shape index (κ2) is 6.91. The summed E-state index contributed by atoms with van der Waals surface area (Å²) in [5, 5.41) is 6.40. The normalized spacial score (nSPS) is 16.8. The van der Waals surface area contributed by atoms with E-state index in [9.17, 15) is 4.79 Å². The SMILES string of the molecule is Cc1ccccc1C1=NN(C(=O)C(C)C)C(c2ccc3nccnc3c2)C1. The molecule has 27 heavy (non-hydrogen) atoms. The number of carbonyl (C=O) groups is 1. The summed E-state index contributed by atoms with van der Waals surface area (Å²) in [5.41, 5.74) is 5.92. The highest BCUT2D eigenvalue weighted by atomic mass is 16.2. The summed E-state index contributed by atoms with van der Waals surface area (Å²) in [6.45, 7) is 5.89. The van der Waals surface area contributed by atoms with Gasteiger partial charge in [-0.1, -0.05) is 44.2 Å². The smallest absolute Gasteiger partial charge is 0.245 e. The second-order valence-electron chi connectivity index (χ2n) is 7.22. The molecule has 0 aliphatic carbocycles. The van der Waals surface area contributed by atoms with Crippen molar-refractivity contribution in [2.75, 3.05) is 0 Å². The molecule has 1 atom stereocenters. The zero-order valence-corrected chi connectivity index (χ0v) is 15.8. The molecule has 3 aromatic rings. The van der Waals surface area contributed by atoms with Crippen LogP contribution in [0, 0.1) is 12.8 Å². The summed E-state index contributed by atoms with van der Waals surface area (Å²) >= 11 is 0. The van der Waals surface area contributed by atoms with Crippen LogP contribution in [-0.4, -0.2) is 26.6 Å². The average molecular weight is 358 g/mol. The number of carbonyl (C=O) groups excluding carboxylic acids is 1. The Morgan fingerprint density at radius 3 is 2.56 bits per heavy atom. The Kier molecular flexibility index (Phi) is 4.44. The Bertz CT molecular complexity index is 1040. The third kappa shape index (κ3) is 3.21. The van der Waals surface area contributed by atoms with Gasteiger partial charge in [-0.25, -0.2) is 5.01 Å². The predicted molar refractivity (Wildman–Crippen MR) is 106 cm³/mol. The first-order chi connectivity index (χ1) is 13.0. The fraction of sp³-hybridized carbons (Fsp3) is 0.273. The Hall–Kier alpha value is -3.08. The van der Waals surface area contributed by atoms with Gasteiger partial charge in [0.05, 0.1) is 22.8 Å². The highest BCUT2D eigenvalue weighted by Gasteiger charge is 2.34. The van der Waals surface area contributed by atoms with Crippen molar-refractivity contribution in [1.82, 2.24) is 15.0 Å². The summed E-state index contributed by atoms with van der Waals surface area (Å²) in [6, 6.07) is 14.1. The second-order valence-corrected chi connectivity index (χ2v) is 7.22. The molecule has 0 spiro atoms. The Morgan fingerprint density at radius 2 is 1.81 bits per heavy atom. The van der Waals surface area contributed by atoms with E-state index in [4.69, 9.17) is 5.10 Å². The van der Waals surface area contributed by atoms with Crippen molar-refractivity contribution in [2.24, 2.45) is 11.0 Å². The van der Waals surface area contributed by atoms with Crippen LogP contribution in [0.5, 0.6) is 0 Å². The molecule has 1 aliphatic heterocycles. The molecule has 0 N–H and O–H groups in total. The first-order valence-corrected chi connectivity index (χ1v) is 9.22. The molecule has 1 unspecified atom stereocenters. The third-order valence-corrected chi connectivity index (χ3v) is 4.96. The van der Waals surface area contributed by atoms with Gasteiger partial charge in [0, 0.05) is 30.3 Å². The number of nitrogens with zero attached hydrogens (tertiary/aromatic N) is 4. The highest BCUT2D eigenvalue weighted by molar-refractivity contribution is 6.04. The lowest BCUT2D eigenvalue weighted by Crippen LogP contribution is -2.30. The van der Waals surface area contributed by atoms with Crippen LogP contribution in [0.2, 0.25) is 0 Å². The van der Waals surface area contributed by atoms with Crippen LogP contribution >= 0.6 is 0 Å². The average Bonchev–Trinajstić information content (AvgIpc) is 3.12. The first kappa shape index (κ1) is 17.3. The summed E-state index contributed by atoms with van der Waals surface area (Å²) in [7, 11) is 0. The van der Waals surface area contributed by atoms with Gasteiger partial charge in [-0.15, -0.1) is 0 Å². The number of benzene rings is 2. The van der Waals surface area contributed by atoms with Gasteiger partial charge >= 0.3 is 0 Å². The molecule has 0 saturated carbocycles.